The lowest BCUT2D eigenvalue weighted by Crippen LogP contribution is -2.47. The van der Waals surface area contributed by atoms with Crippen LogP contribution in [0.25, 0.3) is 11.1 Å². The van der Waals surface area contributed by atoms with E-state index in [9.17, 15) is 13.6 Å². The third-order valence-corrected chi connectivity index (χ3v) is 6.52. The van der Waals surface area contributed by atoms with Crippen LogP contribution in [0.2, 0.25) is 0 Å². The minimum Gasteiger partial charge on any atom is -0.433 e. The van der Waals surface area contributed by atoms with Gasteiger partial charge in [-0.15, -0.1) is 5.10 Å². The molecule has 2 aromatic carbocycles. The first-order valence-electron chi connectivity index (χ1n) is 12.0. The molecule has 1 aliphatic carbocycles. The molecule has 0 bridgehead atoms. The molecule has 9 heteroatoms. The van der Waals surface area contributed by atoms with Gasteiger partial charge >= 0.3 is 5.97 Å². The number of tetrazole rings is 1. The van der Waals surface area contributed by atoms with E-state index in [0.717, 1.165) is 19.3 Å². The van der Waals surface area contributed by atoms with Gasteiger partial charge in [0, 0.05) is 25.5 Å². The quantitative estimate of drug-likeness (QED) is 0.369. The summed E-state index contributed by atoms with van der Waals surface area (Å²) in [6.45, 7) is 0. The number of carbonyl (C=O) groups excluding carboxylic acids is 1. The van der Waals surface area contributed by atoms with Crippen molar-refractivity contribution in [1.29, 1.82) is 0 Å². The van der Waals surface area contributed by atoms with E-state index in [2.05, 4.69) is 15.5 Å². The summed E-state index contributed by atoms with van der Waals surface area (Å²) < 4.78 is 41.0. The van der Waals surface area contributed by atoms with Gasteiger partial charge in [-0.2, -0.15) is 0 Å². The first kappa shape index (κ1) is 24.0. The smallest absolute Gasteiger partial charge is 0.311 e. The molecule has 1 unspecified atom stereocenters. The van der Waals surface area contributed by atoms with Crippen LogP contribution in [0.5, 0.6) is 0 Å². The Morgan fingerprint density at radius 1 is 1.00 bits per heavy atom. The normalized spacial score (nSPS) is 19.4. The van der Waals surface area contributed by atoms with Crippen molar-refractivity contribution in [1.82, 2.24) is 20.2 Å². The van der Waals surface area contributed by atoms with Gasteiger partial charge in [-0.25, -0.2) is 13.5 Å². The van der Waals surface area contributed by atoms with Crippen molar-refractivity contribution in [2.24, 2.45) is 7.05 Å². The average molecular weight is 493 g/mol. The Morgan fingerprint density at radius 3 is 2.17 bits per heavy atom. The summed E-state index contributed by atoms with van der Waals surface area (Å²) in [6.07, 6.45) is 7.55. The molecule has 0 N–H and O–H groups in total. The third-order valence-electron chi connectivity index (χ3n) is 6.52. The van der Waals surface area contributed by atoms with E-state index in [0.29, 0.717) is 40.9 Å². The Kier molecular flexibility index (Phi) is 6.73. The number of rotatable bonds is 5. The highest BCUT2D eigenvalue weighted by Crippen LogP contribution is 2.38. The Bertz CT molecular complexity index is 1250. The highest BCUT2D eigenvalue weighted by molar-refractivity contribution is 6.00. The Labute approximate surface area is 207 Å². The van der Waals surface area contributed by atoms with E-state index in [1.165, 1.54) is 28.9 Å². The fourth-order valence-electron chi connectivity index (χ4n) is 4.81. The van der Waals surface area contributed by atoms with Gasteiger partial charge in [0.25, 0.3) is 0 Å². The Hall–Kier alpha value is -3.72. The predicted molar refractivity (Wildman–Crippen MR) is 128 cm³/mol. The molecule has 3 aromatic rings. The maximum atomic E-state index is 13.8. The summed E-state index contributed by atoms with van der Waals surface area (Å²) in [5.41, 5.74) is 2.67. The summed E-state index contributed by atoms with van der Waals surface area (Å²) in [7, 11) is 1.71. The summed E-state index contributed by atoms with van der Waals surface area (Å²) in [4.78, 5) is 12.5. The van der Waals surface area contributed by atoms with Crippen molar-refractivity contribution in [3.05, 3.63) is 89.3 Å². The highest BCUT2D eigenvalue weighted by atomic mass is 19.1. The number of ether oxygens (including phenoxy) is 2. The van der Waals surface area contributed by atoms with Crippen LogP contribution >= 0.6 is 0 Å². The summed E-state index contributed by atoms with van der Waals surface area (Å²) in [5.74, 6) is -1.47. The van der Waals surface area contributed by atoms with Crippen molar-refractivity contribution in [2.45, 2.75) is 50.4 Å². The zero-order valence-corrected chi connectivity index (χ0v) is 19.9. The van der Waals surface area contributed by atoms with Crippen molar-refractivity contribution >= 4 is 17.1 Å². The molecule has 1 spiro atoms. The first-order valence-corrected chi connectivity index (χ1v) is 12.0. The van der Waals surface area contributed by atoms with Gasteiger partial charge in [-0.1, -0.05) is 42.8 Å². The number of allylic oxidation sites excluding steroid dienone is 2. The molecule has 1 saturated carbocycles. The van der Waals surface area contributed by atoms with Crippen molar-refractivity contribution in [3.8, 4) is 0 Å². The van der Waals surface area contributed by atoms with Crippen molar-refractivity contribution in [2.75, 3.05) is 0 Å². The fourth-order valence-corrected chi connectivity index (χ4v) is 4.81. The zero-order valence-electron chi connectivity index (χ0n) is 19.9. The van der Waals surface area contributed by atoms with Gasteiger partial charge in [0.2, 0.25) is 5.79 Å². The number of nitrogens with zero attached hydrogens (tertiary/aromatic N) is 4. The van der Waals surface area contributed by atoms with Crippen LogP contribution in [-0.4, -0.2) is 38.1 Å². The maximum absolute atomic E-state index is 13.8. The van der Waals surface area contributed by atoms with Crippen LogP contribution in [-0.2, 0) is 21.3 Å². The lowest BCUT2D eigenvalue weighted by molar-refractivity contribution is -0.277. The van der Waals surface area contributed by atoms with E-state index >= 15 is 0 Å². The number of aryl methyl sites for hydroxylation is 1. The number of halogens is 2. The number of carbonyl (C=O) groups is 1. The van der Waals surface area contributed by atoms with Gasteiger partial charge in [0.1, 0.15) is 11.6 Å². The van der Waals surface area contributed by atoms with E-state index in [1.807, 2.05) is 12.2 Å². The lowest BCUT2D eigenvalue weighted by atomic mass is 9.91. The molecule has 1 saturated heterocycles. The summed E-state index contributed by atoms with van der Waals surface area (Å²) >= 11 is 0. The average Bonchev–Trinajstić information content (AvgIpc) is 3.29. The van der Waals surface area contributed by atoms with Crippen LogP contribution in [0.4, 0.5) is 8.78 Å². The lowest BCUT2D eigenvalue weighted by Gasteiger charge is -2.41. The fraction of sp³-hybridized carbons (Fsp3) is 0.333. The van der Waals surface area contributed by atoms with Crippen LogP contribution in [0, 0.1) is 11.6 Å². The number of hydrogen-bond donors (Lipinski definition) is 0. The zero-order chi connectivity index (χ0) is 25.1. The van der Waals surface area contributed by atoms with Gasteiger partial charge in [-0.3, -0.25) is 4.79 Å². The van der Waals surface area contributed by atoms with Crippen LogP contribution in [0.1, 0.15) is 55.5 Å². The molecule has 186 valence electrons. The number of aromatic nitrogens is 4. The highest BCUT2D eigenvalue weighted by Gasteiger charge is 2.43. The van der Waals surface area contributed by atoms with E-state index in [4.69, 9.17) is 9.47 Å². The van der Waals surface area contributed by atoms with Gasteiger partial charge in [0.15, 0.2) is 5.82 Å². The van der Waals surface area contributed by atoms with Crippen molar-refractivity contribution in [3.63, 3.8) is 0 Å². The van der Waals surface area contributed by atoms with Gasteiger partial charge in [-0.05, 0) is 64.2 Å². The molecule has 5 rings (SSSR count). The maximum Gasteiger partial charge on any atom is 0.311 e. The molecule has 2 fully saturated rings. The molecule has 0 amide bonds. The second-order valence-electron chi connectivity index (χ2n) is 9.09. The largest absolute Gasteiger partial charge is 0.433 e. The standard InChI is InChI=1S/C27H26F2N4O3/c1-33-26(30-31-32-33)23(14-13-22-17-24(34)36-27(35-22)15-3-2-4-16-27)25(18-5-9-20(28)10-6-18)19-7-11-21(29)12-8-19/h5-14,22H,2-4,15-17H2,1H3/b14-13-. The van der Waals surface area contributed by atoms with E-state index < -0.39 is 11.9 Å². The minimum absolute atomic E-state index is 0.0883. The third kappa shape index (κ3) is 5.11. The number of benzene rings is 2. The number of hydrogen-bond acceptors (Lipinski definition) is 6. The monoisotopic (exact) mass is 492 g/mol. The Morgan fingerprint density at radius 2 is 1.61 bits per heavy atom. The molecule has 36 heavy (non-hydrogen) atoms. The molecule has 2 heterocycles. The number of esters is 1. The Balaban J connectivity index is 1.62. The topological polar surface area (TPSA) is 79.1 Å². The molecule has 1 aliphatic heterocycles. The molecule has 0 radical (unpaired) electrons. The second-order valence-corrected chi connectivity index (χ2v) is 9.09. The minimum atomic E-state index is -0.879. The molecule has 1 atom stereocenters. The molecular weight excluding hydrogens is 466 g/mol. The molecular formula is C27H26F2N4O3. The molecule has 7 nitrogen and oxygen atoms in total. The predicted octanol–water partition coefficient (Wildman–Crippen LogP) is 5.00. The van der Waals surface area contributed by atoms with E-state index in [1.54, 1.807) is 31.3 Å². The van der Waals surface area contributed by atoms with Crippen molar-refractivity contribution < 1.29 is 23.0 Å². The molecule has 1 aromatic heterocycles. The molecule has 2 aliphatic rings. The van der Waals surface area contributed by atoms with Gasteiger partial charge in [0.05, 0.1) is 12.5 Å². The summed E-state index contributed by atoms with van der Waals surface area (Å²) in [5, 5.41) is 12.0. The second kappa shape index (κ2) is 10.1. The van der Waals surface area contributed by atoms with Gasteiger partial charge < -0.3 is 9.47 Å². The van der Waals surface area contributed by atoms with E-state index in [-0.39, 0.29) is 24.0 Å². The first-order chi connectivity index (χ1) is 17.4. The summed E-state index contributed by atoms with van der Waals surface area (Å²) in [6, 6.07) is 12.1. The van der Waals surface area contributed by atoms with Crippen LogP contribution in [0.3, 0.4) is 0 Å². The van der Waals surface area contributed by atoms with Crippen LogP contribution < -0.4 is 0 Å². The van der Waals surface area contributed by atoms with Crippen LogP contribution in [0.15, 0.2) is 60.7 Å². The SMILES string of the molecule is Cn1nnnc1C(/C=C\C1CC(=O)OC2(CCCCC2)O1)=C(c1ccc(F)cc1)c1ccc(F)cc1.